The fourth-order valence-electron chi connectivity index (χ4n) is 1.92. The summed E-state index contributed by atoms with van der Waals surface area (Å²) in [7, 11) is 3.79. The number of aromatic nitrogens is 4. The molecule has 0 saturated heterocycles. The van der Waals surface area contributed by atoms with Crippen molar-refractivity contribution in [3.8, 4) is 0 Å². The van der Waals surface area contributed by atoms with Crippen molar-refractivity contribution in [2.45, 2.75) is 32.6 Å². The van der Waals surface area contributed by atoms with E-state index in [0.717, 1.165) is 36.1 Å². The van der Waals surface area contributed by atoms with Gasteiger partial charge in [-0.1, -0.05) is 20.8 Å². The Balaban J connectivity index is 2.05. The van der Waals surface area contributed by atoms with Crippen LogP contribution >= 0.6 is 0 Å². The Hall–Kier alpha value is -2.11. The van der Waals surface area contributed by atoms with Crippen molar-refractivity contribution in [2.24, 2.45) is 7.05 Å². The first-order valence-electron chi connectivity index (χ1n) is 7.18. The summed E-state index contributed by atoms with van der Waals surface area (Å²) < 4.78 is 1.82. The molecule has 0 aliphatic rings. The second kappa shape index (κ2) is 6.11. The topological polar surface area (TPSA) is 67.7 Å². The molecule has 0 fully saturated rings. The van der Waals surface area contributed by atoms with E-state index in [0.29, 0.717) is 0 Å². The van der Waals surface area contributed by atoms with E-state index in [9.17, 15) is 0 Å². The molecule has 0 radical (unpaired) electrons. The molecule has 6 heteroatoms. The SMILES string of the molecule is CNc1cc(NCCc2ccn(C)n2)nc(C(C)(C)C)n1. The lowest BCUT2D eigenvalue weighted by atomic mass is 9.96. The molecule has 0 aliphatic heterocycles. The Labute approximate surface area is 126 Å². The highest BCUT2D eigenvalue weighted by Crippen LogP contribution is 2.22. The monoisotopic (exact) mass is 288 g/mol. The minimum Gasteiger partial charge on any atom is -0.373 e. The first kappa shape index (κ1) is 15.3. The number of nitrogens with zero attached hydrogens (tertiary/aromatic N) is 4. The van der Waals surface area contributed by atoms with Crippen LogP contribution in [0.4, 0.5) is 11.6 Å². The third-order valence-corrected chi connectivity index (χ3v) is 3.11. The van der Waals surface area contributed by atoms with Crippen molar-refractivity contribution in [1.29, 1.82) is 0 Å². The molecule has 0 amide bonds. The average molecular weight is 288 g/mol. The van der Waals surface area contributed by atoms with Gasteiger partial charge in [-0.25, -0.2) is 9.97 Å². The van der Waals surface area contributed by atoms with Crippen molar-refractivity contribution in [3.05, 3.63) is 29.8 Å². The van der Waals surface area contributed by atoms with Gasteiger partial charge in [-0.3, -0.25) is 4.68 Å². The minimum atomic E-state index is -0.0791. The molecule has 0 unspecified atom stereocenters. The molecule has 2 aromatic rings. The fraction of sp³-hybridized carbons (Fsp3) is 0.533. The Kier molecular flexibility index (Phi) is 4.45. The van der Waals surface area contributed by atoms with Crippen LogP contribution in [0.1, 0.15) is 32.3 Å². The van der Waals surface area contributed by atoms with Crippen LogP contribution in [0.15, 0.2) is 18.3 Å². The van der Waals surface area contributed by atoms with E-state index < -0.39 is 0 Å². The van der Waals surface area contributed by atoms with Gasteiger partial charge in [0.2, 0.25) is 0 Å². The number of anilines is 2. The minimum absolute atomic E-state index is 0.0791. The van der Waals surface area contributed by atoms with Crippen LogP contribution in [0.5, 0.6) is 0 Å². The number of hydrogen-bond donors (Lipinski definition) is 2. The highest BCUT2D eigenvalue weighted by molar-refractivity contribution is 5.47. The molecule has 0 spiro atoms. The molecule has 2 rings (SSSR count). The van der Waals surface area contributed by atoms with Crippen LogP contribution in [0.3, 0.4) is 0 Å². The summed E-state index contributed by atoms with van der Waals surface area (Å²) in [4.78, 5) is 9.12. The van der Waals surface area contributed by atoms with Crippen LogP contribution < -0.4 is 10.6 Å². The van der Waals surface area contributed by atoms with Gasteiger partial charge in [-0.05, 0) is 6.07 Å². The van der Waals surface area contributed by atoms with Crippen molar-refractivity contribution >= 4 is 11.6 Å². The number of aryl methyl sites for hydroxylation is 1. The molecule has 6 nitrogen and oxygen atoms in total. The molecular weight excluding hydrogens is 264 g/mol. The zero-order valence-corrected chi connectivity index (χ0v) is 13.4. The first-order valence-corrected chi connectivity index (χ1v) is 7.18. The molecule has 0 aliphatic carbocycles. The van der Waals surface area contributed by atoms with Crippen LogP contribution in [-0.4, -0.2) is 33.3 Å². The fourth-order valence-corrected chi connectivity index (χ4v) is 1.92. The lowest BCUT2D eigenvalue weighted by molar-refractivity contribution is 0.546. The van der Waals surface area contributed by atoms with Gasteiger partial charge in [0.15, 0.2) is 0 Å². The molecule has 2 aromatic heterocycles. The average Bonchev–Trinajstić information content (AvgIpc) is 2.83. The molecule has 2 N–H and O–H groups in total. The predicted octanol–water partition coefficient (Wildman–Crippen LogP) is 2.20. The largest absolute Gasteiger partial charge is 0.373 e. The van der Waals surface area contributed by atoms with Crippen LogP contribution in [0, 0.1) is 0 Å². The van der Waals surface area contributed by atoms with Gasteiger partial charge in [0.1, 0.15) is 17.5 Å². The van der Waals surface area contributed by atoms with Gasteiger partial charge >= 0.3 is 0 Å². The Bertz CT molecular complexity index is 596. The third kappa shape index (κ3) is 4.18. The zero-order valence-electron chi connectivity index (χ0n) is 13.4. The summed E-state index contributed by atoms with van der Waals surface area (Å²) in [5.74, 6) is 2.50. The molecule has 2 heterocycles. The quantitative estimate of drug-likeness (QED) is 0.883. The predicted molar refractivity (Wildman–Crippen MR) is 85.7 cm³/mol. The number of hydrogen-bond acceptors (Lipinski definition) is 5. The lowest BCUT2D eigenvalue weighted by Gasteiger charge is -2.18. The van der Waals surface area contributed by atoms with Crippen molar-refractivity contribution in [1.82, 2.24) is 19.7 Å². The van der Waals surface area contributed by atoms with Gasteiger partial charge in [-0.2, -0.15) is 5.10 Å². The van der Waals surface area contributed by atoms with Gasteiger partial charge < -0.3 is 10.6 Å². The maximum absolute atomic E-state index is 4.60. The first-order chi connectivity index (χ1) is 9.88. The van der Waals surface area contributed by atoms with Crippen molar-refractivity contribution < 1.29 is 0 Å². The molecule has 0 aromatic carbocycles. The summed E-state index contributed by atoms with van der Waals surface area (Å²) in [6, 6.07) is 3.95. The summed E-state index contributed by atoms with van der Waals surface area (Å²) in [5, 5.41) is 10.8. The van der Waals surface area contributed by atoms with Crippen LogP contribution in [0.2, 0.25) is 0 Å². The Morgan fingerprint density at radius 3 is 2.48 bits per heavy atom. The second-order valence-corrected chi connectivity index (χ2v) is 6.12. The van der Waals surface area contributed by atoms with Crippen LogP contribution in [0.25, 0.3) is 0 Å². The lowest BCUT2D eigenvalue weighted by Crippen LogP contribution is -2.18. The van der Waals surface area contributed by atoms with E-state index in [1.54, 1.807) is 0 Å². The number of nitrogens with one attached hydrogen (secondary N) is 2. The van der Waals surface area contributed by atoms with Crippen molar-refractivity contribution in [3.63, 3.8) is 0 Å². The summed E-state index contributed by atoms with van der Waals surface area (Å²) >= 11 is 0. The molecule has 0 saturated carbocycles. The van der Waals surface area contributed by atoms with E-state index in [-0.39, 0.29) is 5.41 Å². The van der Waals surface area contributed by atoms with Gasteiger partial charge in [0, 0.05) is 44.7 Å². The molecule has 0 bridgehead atoms. The van der Waals surface area contributed by atoms with E-state index >= 15 is 0 Å². The number of rotatable bonds is 5. The maximum atomic E-state index is 4.60. The Morgan fingerprint density at radius 1 is 1.19 bits per heavy atom. The normalized spacial score (nSPS) is 11.5. The molecule has 0 atom stereocenters. The van der Waals surface area contributed by atoms with E-state index in [2.05, 4.69) is 46.5 Å². The van der Waals surface area contributed by atoms with Gasteiger partial charge in [0.05, 0.1) is 5.69 Å². The standard InChI is InChI=1S/C15H24N6/c1-15(2,3)14-18-12(16-4)10-13(19-14)17-8-6-11-7-9-21(5)20-11/h7,9-10H,6,8H2,1-5H3,(H2,16,17,18,19). The highest BCUT2D eigenvalue weighted by atomic mass is 15.2. The van der Waals surface area contributed by atoms with E-state index in [4.69, 9.17) is 0 Å². The maximum Gasteiger partial charge on any atom is 0.138 e. The van der Waals surface area contributed by atoms with Crippen molar-refractivity contribution in [2.75, 3.05) is 24.2 Å². The Morgan fingerprint density at radius 2 is 1.90 bits per heavy atom. The van der Waals surface area contributed by atoms with Gasteiger partial charge in [-0.15, -0.1) is 0 Å². The van der Waals surface area contributed by atoms with E-state index in [1.165, 1.54) is 0 Å². The molecule has 114 valence electrons. The highest BCUT2D eigenvalue weighted by Gasteiger charge is 2.18. The second-order valence-electron chi connectivity index (χ2n) is 6.12. The zero-order chi connectivity index (χ0) is 15.5. The third-order valence-electron chi connectivity index (χ3n) is 3.11. The summed E-state index contributed by atoms with van der Waals surface area (Å²) in [6.07, 6.45) is 2.82. The summed E-state index contributed by atoms with van der Waals surface area (Å²) in [6.45, 7) is 7.12. The van der Waals surface area contributed by atoms with Gasteiger partial charge in [0.25, 0.3) is 0 Å². The molecular formula is C15H24N6. The van der Waals surface area contributed by atoms with Crippen LogP contribution in [-0.2, 0) is 18.9 Å². The van der Waals surface area contributed by atoms with E-state index in [1.807, 2.05) is 37.1 Å². The molecule has 21 heavy (non-hydrogen) atoms. The summed E-state index contributed by atoms with van der Waals surface area (Å²) in [5.41, 5.74) is 0.994. The smallest absolute Gasteiger partial charge is 0.138 e.